The summed E-state index contributed by atoms with van der Waals surface area (Å²) in [6, 6.07) is 0. The van der Waals surface area contributed by atoms with Crippen LogP contribution in [0.5, 0.6) is 0 Å². The Morgan fingerprint density at radius 1 is 1.38 bits per heavy atom. The van der Waals surface area contributed by atoms with Gasteiger partial charge in [0.05, 0.1) is 0 Å². The number of halogens is 1. The van der Waals surface area contributed by atoms with E-state index in [-0.39, 0.29) is 0 Å². The zero-order valence-corrected chi connectivity index (χ0v) is 7.57. The number of nitrogens with one attached hydrogen (secondary N) is 1. The Hall–Kier alpha value is 0.690. The molecule has 0 rings (SSSR count). The van der Waals surface area contributed by atoms with Crippen molar-refractivity contribution in [2.24, 2.45) is 0 Å². The predicted molar refractivity (Wildman–Crippen MR) is 46.7 cm³/mol. The van der Waals surface area contributed by atoms with E-state index in [1.54, 1.807) is 0 Å². The molecule has 0 radical (unpaired) electrons. The van der Waals surface area contributed by atoms with Gasteiger partial charge in [-0.3, -0.25) is 0 Å². The summed E-state index contributed by atoms with van der Waals surface area (Å²) in [5, 5.41) is 3.33. The molecule has 0 aromatic heterocycles. The Labute approximate surface area is 65.4 Å². The van der Waals surface area contributed by atoms with Crippen molar-refractivity contribution in [1.82, 2.24) is 5.32 Å². The van der Waals surface area contributed by atoms with Crippen molar-refractivity contribution in [3.63, 3.8) is 0 Å². The summed E-state index contributed by atoms with van der Waals surface area (Å²) >= 11 is 2.40. The second-order valence-corrected chi connectivity index (χ2v) is 2.87. The summed E-state index contributed by atoms with van der Waals surface area (Å²) in [5.74, 6) is 0. The van der Waals surface area contributed by atoms with E-state index in [4.69, 9.17) is 0 Å². The van der Waals surface area contributed by atoms with Crippen LogP contribution in [0.2, 0.25) is 0 Å². The van der Waals surface area contributed by atoms with Crippen LogP contribution < -0.4 is 5.32 Å². The molecular weight excluding hydrogens is 213 g/mol. The molecule has 0 spiro atoms. The van der Waals surface area contributed by atoms with Gasteiger partial charge in [0.25, 0.3) is 0 Å². The van der Waals surface area contributed by atoms with Crippen LogP contribution in [-0.2, 0) is 0 Å². The van der Waals surface area contributed by atoms with Crippen LogP contribution in [-0.4, -0.2) is 17.5 Å². The molecule has 0 aliphatic rings. The number of rotatable bonds is 5. The quantitative estimate of drug-likeness (QED) is 0.429. The maximum Gasteiger partial charge on any atom is 0.000735 e. The Balaban J connectivity index is 2.53. The monoisotopic (exact) mass is 227 g/mol. The first-order valence-corrected chi connectivity index (χ1v) is 4.71. The Morgan fingerprint density at radius 2 is 2.12 bits per heavy atom. The van der Waals surface area contributed by atoms with Crippen molar-refractivity contribution in [1.29, 1.82) is 0 Å². The minimum Gasteiger partial charge on any atom is -0.317 e. The van der Waals surface area contributed by atoms with Gasteiger partial charge in [0.1, 0.15) is 0 Å². The van der Waals surface area contributed by atoms with Crippen LogP contribution in [0, 0.1) is 0 Å². The van der Waals surface area contributed by atoms with E-state index in [1.165, 1.54) is 30.4 Å². The second kappa shape index (κ2) is 7.69. The molecule has 0 aromatic carbocycles. The molecule has 0 aromatic rings. The lowest BCUT2D eigenvalue weighted by molar-refractivity contribution is 0.667. The van der Waals surface area contributed by atoms with Crippen LogP contribution in [0.25, 0.3) is 0 Å². The van der Waals surface area contributed by atoms with Gasteiger partial charge in [0.15, 0.2) is 0 Å². The van der Waals surface area contributed by atoms with E-state index in [9.17, 15) is 0 Å². The smallest absolute Gasteiger partial charge is 0.000735 e. The van der Waals surface area contributed by atoms with Crippen LogP contribution >= 0.6 is 22.6 Å². The van der Waals surface area contributed by atoms with Gasteiger partial charge >= 0.3 is 0 Å². The zero-order chi connectivity index (χ0) is 6.24. The fraction of sp³-hybridized carbons (Fsp3) is 1.00. The number of hydrogen-bond acceptors (Lipinski definition) is 1. The van der Waals surface area contributed by atoms with E-state index < -0.39 is 0 Å². The molecule has 0 unspecified atom stereocenters. The van der Waals surface area contributed by atoms with E-state index in [0.29, 0.717) is 0 Å². The van der Waals surface area contributed by atoms with E-state index in [1.807, 2.05) is 0 Å². The van der Waals surface area contributed by atoms with Crippen molar-refractivity contribution in [2.75, 3.05) is 17.5 Å². The molecule has 0 aliphatic heterocycles. The van der Waals surface area contributed by atoms with Crippen LogP contribution in [0.15, 0.2) is 0 Å². The highest BCUT2D eigenvalue weighted by atomic mass is 127. The zero-order valence-electron chi connectivity index (χ0n) is 5.41. The van der Waals surface area contributed by atoms with Crippen molar-refractivity contribution in [3.05, 3.63) is 0 Å². The summed E-state index contributed by atoms with van der Waals surface area (Å²) in [6.45, 7) is 4.56. The molecule has 50 valence electrons. The molecule has 1 N–H and O–H groups in total. The maximum absolute atomic E-state index is 3.33. The fourth-order valence-corrected chi connectivity index (χ4v) is 0.875. The third-order valence-electron chi connectivity index (χ3n) is 0.914. The first-order chi connectivity index (χ1) is 3.91. The summed E-state index contributed by atoms with van der Waals surface area (Å²) in [7, 11) is 0. The maximum atomic E-state index is 3.33. The number of hydrogen-bond donors (Lipinski definition) is 1. The molecule has 1 nitrogen and oxygen atoms in total. The minimum absolute atomic E-state index is 1.18. The third-order valence-corrected chi connectivity index (χ3v) is 1.68. The van der Waals surface area contributed by atoms with Gasteiger partial charge in [0.2, 0.25) is 0 Å². The van der Waals surface area contributed by atoms with E-state index in [0.717, 1.165) is 0 Å². The lowest BCUT2D eigenvalue weighted by Crippen LogP contribution is -2.15. The molecule has 0 saturated heterocycles. The highest BCUT2D eigenvalue weighted by molar-refractivity contribution is 14.1. The molecule has 0 saturated carbocycles. The van der Waals surface area contributed by atoms with Crippen molar-refractivity contribution < 1.29 is 0 Å². The first kappa shape index (κ1) is 8.69. The van der Waals surface area contributed by atoms with Crippen molar-refractivity contribution in [2.45, 2.75) is 19.8 Å². The first-order valence-electron chi connectivity index (χ1n) is 3.18. The minimum atomic E-state index is 1.18. The molecule has 0 atom stereocenters. The van der Waals surface area contributed by atoms with Gasteiger partial charge in [-0.15, -0.1) is 0 Å². The topological polar surface area (TPSA) is 12.0 Å². The molecular formula is C6H14IN. The summed E-state index contributed by atoms with van der Waals surface area (Å²) in [6.07, 6.45) is 2.56. The summed E-state index contributed by atoms with van der Waals surface area (Å²) < 4.78 is 1.27. The normalized spacial score (nSPS) is 9.75. The Kier molecular flexibility index (Phi) is 8.35. The Morgan fingerprint density at radius 3 is 2.62 bits per heavy atom. The van der Waals surface area contributed by atoms with Crippen molar-refractivity contribution in [3.8, 4) is 0 Å². The average Bonchev–Trinajstić information content (AvgIpc) is 1.81. The fourth-order valence-electron chi connectivity index (χ4n) is 0.494. The van der Waals surface area contributed by atoms with Crippen molar-refractivity contribution >= 4 is 22.6 Å². The lowest BCUT2D eigenvalue weighted by Gasteiger charge is -1.97. The molecule has 0 aliphatic carbocycles. The Bertz CT molecular complexity index is 33.5. The standard InChI is InChI=1S/C6H14IN/c1-2-5-8-6-3-4-7/h8H,2-6H2,1H3. The molecule has 0 heterocycles. The molecule has 8 heavy (non-hydrogen) atoms. The molecule has 0 bridgehead atoms. The van der Waals surface area contributed by atoms with Crippen LogP contribution in [0.1, 0.15) is 19.8 Å². The highest BCUT2D eigenvalue weighted by Crippen LogP contribution is 1.84. The van der Waals surface area contributed by atoms with Crippen LogP contribution in [0.4, 0.5) is 0 Å². The molecule has 0 amide bonds. The SMILES string of the molecule is CCCNCCCI. The summed E-state index contributed by atoms with van der Waals surface area (Å²) in [5.41, 5.74) is 0. The van der Waals surface area contributed by atoms with Gasteiger partial charge in [-0.2, -0.15) is 0 Å². The van der Waals surface area contributed by atoms with E-state index >= 15 is 0 Å². The second-order valence-electron chi connectivity index (χ2n) is 1.79. The lowest BCUT2D eigenvalue weighted by atomic mass is 10.4. The molecule has 0 fully saturated rings. The van der Waals surface area contributed by atoms with Gasteiger partial charge in [-0.05, 0) is 25.9 Å². The largest absolute Gasteiger partial charge is 0.317 e. The van der Waals surface area contributed by atoms with E-state index in [2.05, 4.69) is 34.8 Å². The summed E-state index contributed by atoms with van der Waals surface area (Å²) in [4.78, 5) is 0. The van der Waals surface area contributed by atoms with Gasteiger partial charge in [0, 0.05) is 4.43 Å². The van der Waals surface area contributed by atoms with Crippen LogP contribution in [0.3, 0.4) is 0 Å². The third kappa shape index (κ3) is 6.69. The highest BCUT2D eigenvalue weighted by Gasteiger charge is 1.81. The van der Waals surface area contributed by atoms with Gasteiger partial charge < -0.3 is 5.32 Å². The van der Waals surface area contributed by atoms with Gasteiger partial charge in [-0.25, -0.2) is 0 Å². The average molecular weight is 227 g/mol. The van der Waals surface area contributed by atoms with Gasteiger partial charge in [-0.1, -0.05) is 29.5 Å². The number of alkyl halides is 1. The molecule has 2 heteroatoms. The predicted octanol–water partition coefficient (Wildman–Crippen LogP) is 1.81.